The van der Waals surface area contributed by atoms with E-state index >= 15 is 0 Å². The van der Waals surface area contributed by atoms with Gasteiger partial charge in [-0.2, -0.15) is 17.5 Å². The Hall–Kier alpha value is -0.800. The van der Waals surface area contributed by atoms with Crippen molar-refractivity contribution < 1.29 is 26.0 Å². The van der Waals surface area contributed by atoms with Crippen LogP contribution in [0.3, 0.4) is 0 Å². The lowest BCUT2D eigenvalue weighted by Gasteiger charge is -2.32. The number of alkyl halides is 3. The van der Waals surface area contributed by atoms with Crippen molar-refractivity contribution in [2.75, 3.05) is 32.4 Å². The molecular weight excluding hydrogens is 547 g/mol. The Kier molecular flexibility index (Phi) is 10.5. The first-order chi connectivity index (χ1) is 13.1. The fourth-order valence-corrected chi connectivity index (χ4v) is 4.46. The maximum absolute atomic E-state index is 13.5. The van der Waals surface area contributed by atoms with Gasteiger partial charge in [-0.25, -0.2) is 12.8 Å². The van der Waals surface area contributed by atoms with Crippen molar-refractivity contribution in [2.24, 2.45) is 4.99 Å². The molecule has 0 bridgehead atoms. The summed E-state index contributed by atoms with van der Waals surface area (Å²) in [6, 6.07) is 6.27. The fourth-order valence-electron chi connectivity index (χ4n) is 2.67. The Morgan fingerprint density at radius 3 is 2.45 bits per heavy atom. The van der Waals surface area contributed by atoms with Crippen molar-refractivity contribution in [3.63, 3.8) is 0 Å². The highest BCUT2D eigenvalue weighted by Crippen LogP contribution is 2.29. The first-order valence-electron chi connectivity index (χ1n) is 8.56. The number of piperidine rings is 1. The molecule has 0 radical (unpaired) electrons. The Bertz CT molecular complexity index is 785. The summed E-state index contributed by atoms with van der Waals surface area (Å²) in [5, 5.41) is 6.14. The molecule has 0 saturated carbocycles. The average molecular weight is 570 g/mol. The van der Waals surface area contributed by atoms with Crippen molar-refractivity contribution >= 4 is 51.7 Å². The lowest BCUT2D eigenvalue weighted by Crippen LogP contribution is -2.51. The number of rotatable bonds is 6. The van der Waals surface area contributed by atoms with Gasteiger partial charge in [0.15, 0.2) is 5.96 Å². The fraction of sp³-hybridized carbons (Fsp3) is 0.562. The minimum absolute atomic E-state index is 0. The summed E-state index contributed by atoms with van der Waals surface area (Å²) in [5.41, 5.74) is -5.28. The number of nitrogens with zero attached hydrogens (tertiary/aromatic N) is 2. The van der Waals surface area contributed by atoms with Crippen LogP contribution in [0, 0.1) is 5.82 Å². The predicted octanol–water partition coefficient (Wildman–Crippen LogP) is 3.01. The summed E-state index contributed by atoms with van der Waals surface area (Å²) in [5.74, 6) is 0.769. The van der Waals surface area contributed by atoms with Crippen molar-refractivity contribution in [1.29, 1.82) is 0 Å². The van der Waals surface area contributed by atoms with E-state index < -0.39 is 15.5 Å². The molecule has 6 nitrogen and oxygen atoms in total. The second-order valence-corrected chi connectivity index (χ2v) is 9.11. The van der Waals surface area contributed by atoms with E-state index in [0.29, 0.717) is 27.5 Å². The molecule has 1 aliphatic rings. The second-order valence-electron chi connectivity index (χ2n) is 6.05. The smallest absolute Gasteiger partial charge is 0.356 e. The van der Waals surface area contributed by atoms with E-state index in [1.807, 2.05) is 0 Å². The van der Waals surface area contributed by atoms with E-state index in [2.05, 4.69) is 15.6 Å². The molecule has 0 unspecified atom stereocenters. The average Bonchev–Trinajstić information content (AvgIpc) is 2.65. The quantitative estimate of drug-likeness (QED) is 0.138. The predicted molar refractivity (Wildman–Crippen MR) is 117 cm³/mol. The SMILES string of the molecule is CN=C(NCCSc1ccccc1F)NC1CCN(S(=O)(=O)C(F)(F)F)CC1.I. The summed E-state index contributed by atoms with van der Waals surface area (Å²) in [4.78, 5) is 4.60. The first kappa shape index (κ1) is 26.2. The molecule has 0 aromatic heterocycles. The van der Waals surface area contributed by atoms with E-state index in [1.165, 1.54) is 17.8 Å². The van der Waals surface area contributed by atoms with E-state index in [1.54, 1.807) is 25.2 Å². The van der Waals surface area contributed by atoms with Gasteiger partial charge in [0.2, 0.25) is 0 Å². The van der Waals surface area contributed by atoms with Crippen LogP contribution >= 0.6 is 35.7 Å². The normalized spacial score (nSPS) is 16.9. The lowest BCUT2D eigenvalue weighted by atomic mass is 10.1. The molecule has 29 heavy (non-hydrogen) atoms. The number of sulfonamides is 1. The Labute approximate surface area is 189 Å². The van der Waals surface area contributed by atoms with Crippen LogP contribution in [0.15, 0.2) is 34.2 Å². The van der Waals surface area contributed by atoms with Gasteiger partial charge < -0.3 is 10.6 Å². The van der Waals surface area contributed by atoms with Gasteiger partial charge in [-0.3, -0.25) is 4.99 Å². The summed E-state index contributed by atoms with van der Waals surface area (Å²) in [6.07, 6.45) is 0.472. The lowest BCUT2D eigenvalue weighted by molar-refractivity contribution is -0.0494. The third kappa shape index (κ3) is 7.43. The molecule has 0 atom stereocenters. The van der Waals surface area contributed by atoms with Crippen LogP contribution in [0.4, 0.5) is 17.6 Å². The van der Waals surface area contributed by atoms with Crippen LogP contribution in [0.2, 0.25) is 0 Å². The van der Waals surface area contributed by atoms with Crippen LogP contribution in [0.1, 0.15) is 12.8 Å². The zero-order valence-electron chi connectivity index (χ0n) is 15.6. The molecule has 1 aromatic carbocycles. The summed E-state index contributed by atoms with van der Waals surface area (Å²) in [6.45, 7) is 0.0826. The van der Waals surface area contributed by atoms with Gasteiger partial charge >= 0.3 is 15.5 Å². The number of thioether (sulfide) groups is 1. The van der Waals surface area contributed by atoms with E-state index in [4.69, 9.17) is 0 Å². The van der Waals surface area contributed by atoms with E-state index in [0.717, 1.165) is 0 Å². The number of nitrogens with one attached hydrogen (secondary N) is 2. The van der Waals surface area contributed by atoms with Crippen molar-refractivity contribution in [2.45, 2.75) is 29.3 Å². The third-order valence-corrected chi connectivity index (χ3v) is 6.82. The monoisotopic (exact) mass is 570 g/mol. The molecule has 1 aliphatic heterocycles. The van der Waals surface area contributed by atoms with Crippen LogP contribution < -0.4 is 10.6 Å². The van der Waals surface area contributed by atoms with Gasteiger partial charge in [-0.15, -0.1) is 35.7 Å². The minimum Gasteiger partial charge on any atom is -0.356 e. The molecule has 13 heteroatoms. The van der Waals surface area contributed by atoms with Gasteiger partial charge in [0.05, 0.1) is 0 Å². The molecule has 0 spiro atoms. The van der Waals surface area contributed by atoms with Gasteiger partial charge in [0, 0.05) is 43.4 Å². The molecule has 1 saturated heterocycles. The number of benzene rings is 1. The van der Waals surface area contributed by atoms with Gasteiger partial charge in [-0.05, 0) is 25.0 Å². The highest BCUT2D eigenvalue weighted by Gasteiger charge is 2.50. The zero-order valence-corrected chi connectivity index (χ0v) is 19.5. The Balaban J connectivity index is 0.00000420. The number of aliphatic imine (C=N–C) groups is 1. The van der Waals surface area contributed by atoms with Crippen LogP contribution in [-0.2, 0) is 10.0 Å². The Morgan fingerprint density at radius 2 is 1.90 bits per heavy atom. The maximum Gasteiger partial charge on any atom is 0.511 e. The maximum atomic E-state index is 13.5. The number of hydrogen-bond donors (Lipinski definition) is 2. The molecule has 2 N–H and O–H groups in total. The first-order valence-corrected chi connectivity index (χ1v) is 11.0. The van der Waals surface area contributed by atoms with Crippen LogP contribution in [-0.4, -0.2) is 62.7 Å². The van der Waals surface area contributed by atoms with Crippen molar-refractivity contribution in [3.8, 4) is 0 Å². The topological polar surface area (TPSA) is 73.8 Å². The molecule has 166 valence electrons. The zero-order chi connectivity index (χ0) is 20.8. The largest absolute Gasteiger partial charge is 0.511 e. The van der Waals surface area contributed by atoms with E-state index in [9.17, 15) is 26.0 Å². The third-order valence-electron chi connectivity index (χ3n) is 4.14. The Morgan fingerprint density at radius 1 is 1.28 bits per heavy atom. The second kappa shape index (κ2) is 11.6. The number of guanidine groups is 1. The summed E-state index contributed by atoms with van der Waals surface area (Å²) >= 11 is 1.35. The van der Waals surface area contributed by atoms with Gasteiger partial charge in [-0.1, -0.05) is 12.1 Å². The standard InChI is InChI=1S/C16H22F4N4O2S2.HI/c1-21-15(22-8-11-27-14-5-3-2-4-13(14)17)23-12-6-9-24(10-7-12)28(25,26)16(18,19)20;/h2-5,12H,6-11H2,1H3,(H2,21,22,23);1H. The molecule has 0 amide bonds. The van der Waals surface area contributed by atoms with Crippen LogP contribution in [0.25, 0.3) is 0 Å². The van der Waals surface area contributed by atoms with E-state index in [-0.39, 0.29) is 61.8 Å². The highest BCUT2D eigenvalue weighted by molar-refractivity contribution is 14.0. The van der Waals surface area contributed by atoms with Crippen molar-refractivity contribution in [3.05, 3.63) is 30.1 Å². The van der Waals surface area contributed by atoms with Gasteiger partial charge in [0.25, 0.3) is 0 Å². The molecule has 1 heterocycles. The molecule has 1 fully saturated rings. The molecular formula is C16H23F4IN4O2S2. The highest BCUT2D eigenvalue weighted by atomic mass is 127. The summed E-state index contributed by atoms with van der Waals surface area (Å²) < 4.78 is 74.7. The number of halogens is 5. The minimum atomic E-state index is -5.28. The number of hydrogen-bond acceptors (Lipinski definition) is 4. The molecule has 2 rings (SSSR count). The van der Waals surface area contributed by atoms with Crippen LogP contribution in [0.5, 0.6) is 0 Å². The summed E-state index contributed by atoms with van der Waals surface area (Å²) in [7, 11) is -3.72. The van der Waals surface area contributed by atoms with Crippen molar-refractivity contribution in [1.82, 2.24) is 14.9 Å². The van der Waals surface area contributed by atoms with Gasteiger partial charge in [0.1, 0.15) is 5.82 Å². The molecule has 0 aliphatic carbocycles. The molecule has 1 aromatic rings.